The summed E-state index contributed by atoms with van der Waals surface area (Å²) < 4.78 is 35.8. The van der Waals surface area contributed by atoms with Crippen molar-refractivity contribution < 1.29 is 18.0 Å². The van der Waals surface area contributed by atoms with Crippen LogP contribution >= 0.6 is 0 Å². The molecule has 0 atom stereocenters. The first kappa shape index (κ1) is 13.7. The minimum absolute atomic E-state index is 0.0522. The number of alkyl halides is 3. The normalized spacial score (nSPS) is 11.6. The minimum Gasteiger partial charge on any atom is -0.294 e. The number of halogens is 3. The van der Waals surface area contributed by atoms with Crippen LogP contribution in [0.25, 0.3) is 0 Å². The Balaban J connectivity index is 2.59. The van der Waals surface area contributed by atoms with Crippen LogP contribution in [0.3, 0.4) is 0 Å². The Labute approximate surface area is 98.6 Å². The molecule has 1 aromatic carbocycles. The van der Waals surface area contributed by atoms with E-state index in [1.807, 2.05) is 13.0 Å². The fourth-order valence-corrected chi connectivity index (χ4v) is 1.71. The zero-order valence-electron chi connectivity index (χ0n) is 9.90. The summed E-state index contributed by atoms with van der Waals surface area (Å²) in [7, 11) is 0. The second-order valence-electron chi connectivity index (χ2n) is 4.21. The number of benzene rings is 1. The molecule has 0 spiro atoms. The molecule has 0 heterocycles. The highest BCUT2D eigenvalue weighted by atomic mass is 19.4. The first-order valence-electron chi connectivity index (χ1n) is 5.47. The number of hydrogen-bond donors (Lipinski definition) is 0. The Morgan fingerprint density at radius 2 is 1.88 bits per heavy atom. The smallest absolute Gasteiger partial charge is 0.294 e. The Morgan fingerprint density at radius 3 is 2.41 bits per heavy atom. The number of hydrogen-bond acceptors (Lipinski definition) is 1. The molecule has 1 rings (SSSR count). The number of Topliss-reactive ketones (excluding diaryl/α,β-unsaturated/α-hetero) is 1. The maximum atomic E-state index is 11.9. The van der Waals surface area contributed by atoms with Crippen molar-refractivity contribution >= 4 is 5.78 Å². The van der Waals surface area contributed by atoms with E-state index in [0.717, 1.165) is 11.1 Å². The highest BCUT2D eigenvalue weighted by molar-refractivity contribution is 5.97. The average Bonchev–Trinajstić information content (AvgIpc) is 2.15. The van der Waals surface area contributed by atoms with E-state index in [4.69, 9.17) is 0 Å². The van der Waals surface area contributed by atoms with Gasteiger partial charge in [-0.3, -0.25) is 4.79 Å². The van der Waals surface area contributed by atoms with Crippen molar-refractivity contribution in [3.63, 3.8) is 0 Å². The molecular formula is C13H15F3O. The summed E-state index contributed by atoms with van der Waals surface area (Å²) in [5, 5.41) is 0. The summed E-state index contributed by atoms with van der Waals surface area (Å²) in [4.78, 5) is 11.7. The van der Waals surface area contributed by atoms with Gasteiger partial charge in [-0.25, -0.2) is 0 Å². The molecule has 0 amide bonds. The minimum atomic E-state index is -4.18. The summed E-state index contributed by atoms with van der Waals surface area (Å²) >= 11 is 0. The van der Waals surface area contributed by atoms with Crippen molar-refractivity contribution in [1.29, 1.82) is 0 Å². The van der Waals surface area contributed by atoms with Crippen LogP contribution in [-0.4, -0.2) is 12.0 Å². The summed E-state index contributed by atoms with van der Waals surface area (Å²) in [5.41, 5.74) is 2.38. The molecule has 0 aliphatic heterocycles. The molecule has 1 nitrogen and oxygen atoms in total. The average molecular weight is 244 g/mol. The maximum Gasteiger partial charge on any atom is 0.389 e. The fourth-order valence-electron chi connectivity index (χ4n) is 1.71. The van der Waals surface area contributed by atoms with Crippen LogP contribution in [0.2, 0.25) is 0 Å². The van der Waals surface area contributed by atoms with E-state index in [0.29, 0.717) is 5.56 Å². The number of carbonyl (C=O) groups is 1. The zero-order valence-corrected chi connectivity index (χ0v) is 9.90. The third-order valence-electron chi connectivity index (χ3n) is 2.55. The summed E-state index contributed by atoms with van der Waals surface area (Å²) in [5.74, 6) is -0.216. The zero-order chi connectivity index (χ0) is 13.1. The largest absolute Gasteiger partial charge is 0.389 e. The summed E-state index contributed by atoms with van der Waals surface area (Å²) in [6, 6.07) is 5.33. The van der Waals surface area contributed by atoms with E-state index in [1.54, 1.807) is 19.1 Å². The molecule has 0 aliphatic rings. The van der Waals surface area contributed by atoms with Gasteiger partial charge in [-0.2, -0.15) is 13.2 Å². The molecule has 0 saturated heterocycles. The van der Waals surface area contributed by atoms with Gasteiger partial charge in [0.2, 0.25) is 0 Å². The lowest BCUT2D eigenvalue weighted by Gasteiger charge is -2.07. The SMILES string of the molecule is Cc1ccc(C(=O)CCCC(F)(F)F)c(C)c1. The van der Waals surface area contributed by atoms with Crippen molar-refractivity contribution in [3.8, 4) is 0 Å². The summed E-state index contributed by atoms with van der Waals surface area (Å²) in [6.07, 6.45) is -5.27. The highest BCUT2D eigenvalue weighted by Gasteiger charge is 2.26. The van der Waals surface area contributed by atoms with Crippen LogP contribution in [0.1, 0.15) is 40.7 Å². The molecule has 94 valence electrons. The molecular weight excluding hydrogens is 229 g/mol. The molecule has 0 radical (unpaired) electrons. The van der Waals surface area contributed by atoms with Crippen LogP contribution in [-0.2, 0) is 0 Å². The third kappa shape index (κ3) is 4.59. The number of aryl methyl sites for hydroxylation is 2. The number of ketones is 1. The standard InChI is InChI=1S/C13H15F3O/c1-9-5-6-11(10(2)8-9)12(17)4-3-7-13(14,15)16/h5-6,8H,3-4,7H2,1-2H3. The molecule has 0 aliphatic carbocycles. The van der Waals surface area contributed by atoms with Crippen molar-refractivity contribution in [3.05, 3.63) is 34.9 Å². The Morgan fingerprint density at radius 1 is 1.24 bits per heavy atom. The molecule has 0 saturated carbocycles. The Hall–Kier alpha value is -1.32. The monoisotopic (exact) mass is 244 g/mol. The molecule has 0 bridgehead atoms. The Bertz CT molecular complexity index is 408. The van der Waals surface area contributed by atoms with Crippen LogP contribution in [0, 0.1) is 13.8 Å². The van der Waals surface area contributed by atoms with Crippen LogP contribution in [0.5, 0.6) is 0 Å². The third-order valence-corrected chi connectivity index (χ3v) is 2.55. The van der Waals surface area contributed by atoms with Crippen LogP contribution in [0.4, 0.5) is 13.2 Å². The van der Waals surface area contributed by atoms with E-state index in [-0.39, 0.29) is 18.6 Å². The molecule has 0 unspecified atom stereocenters. The first-order chi connectivity index (χ1) is 7.79. The van der Waals surface area contributed by atoms with Gasteiger partial charge < -0.3 is 0 Å². The fraction of sp³-hybridized carbons (Fsp3) is 0.462. The lowest BCUT2D eigenvalue weighted by molar-refractivity contribution is -0.135. The van der Waals surface area contributed by atoms with E-state index in [9.17, 15) is 18.0 Å². The predicted octanol–water partition coefficient (Wildman–Crippen LogP) is 4.22. The molecule has 0 fully saturated rings. The molecule has 0 aromatic heterocycles. The topological polar surface area (TPSA) is 17.1 Å². The highest BCUT2D eigenvalue weighted by Crippen LogP contribution is 2.23. The molecule has 0 N–H and O–H groups in total. The van der Waals surface area contributed by atoms with Gasteiger partial charge in [-0.05, 0) is 25.8 Å². The van der Waals surface area contributed by atoms with E-state index in [2.05, 4.69) is 0 Å². The molecule has 1 aromatic rings. The van der Waals surface area contributed by atoms with Gasteiger partial charge >= 0.3 is 6.18 Å². The second-order valence-corrected chi connectivity index (χ2v) is 4.21. The predicted molar refractivity (Wildman–Crippen MR) is 60.2 cm³/mol. The van der Waals surface area contributed by atoms with Crippen molar-refractivity contribution in [2.75, 3.05) is 0 Å². The van der Waals surface area contributed by atoms with Crippen molar-refractivity contribution in [1.82, 2.24) is 0 Å². The van der Waals surface area contributed by atoms with Gasteiger partial charge in [-0.15, -0.1) is 0 Å². The lowest BCUT2D eigenvalue weighted by Crippen LogP contribution is -2.09. The van der Waals surface area contributed by atoms with Gasteiger partial charge in [0.05, 0.1) is 0 Å². The van der Waals surface area contributed by atoms with Crippen molar-refractivity contribution in [2.24, 2.45) is 0 Å². The van der Waals surface area contributed by atoms with Gasteiger partial charge in [0, 0.05) is 18.4 Å². The van der Waals surface area contributed by atoms with Gasteiger partial charge in [-0.1, -0.05) is 23.8 Å². The van der Waals surface area contributed by atoms with Crippen molar-refractivity contribution in [2.45, 2.75) is 39.3 Å². The van der Waals surface area contributed by atoms with E-state index >= 15 is 0 Å². The lowest BCUT2D eigenvalue weighted by atomic mass is 9.99. The first-order valence-corrected chi connectivity index (χ1v) is 5.47. The quantitative estimate of drug-likeness (QED) is 0.725. The van der Waals surface area contributed by atoms with Crippen LogP contribution < -0.4 is 0 Å². The van der Waals surface area contributed by atoms with E-state index < -0.39 is 12.6 Å². The second kappa shape index (κ2) is 5.34. The summed E-state index contributed by atoms with van der Waals surface area (Å²) in [6.45, 7) is 3.70. The number of carbonyl (C=O) groups excluding carboxylic acids is 1. The van der Waals surface area contributed by atoms with E-state index in [1.165, 1.54) is 0 Å². The molecule has 4 heteroatoms. The van der Waals surface area contributed by atoms with Gasteiger partial charge in [0.1, 0.15) is 0 Å². The maximum absolute atomic E-state index is 11.9. The van der Waals surface area contributed by atoms with Crippen LogP contribution in [0.15, 0.2) is 18.2 Å². The van der Waals surface area contributed by atoms with Gasteiger partial charge in [0.25, 0.3) is 0 Å². The van der Waals surface area contributed by atoms with Gasteiger partial charge in [0.15, 0.2) is 5.78 Å². The Kier molecular flexibility index (Phi) is 4.32. The number of rotatable bonds is 4. The molecule has 17 heavy (non-hydrogen) atoms.